The number of hydrogen-bond donors (Lipinski definition) is 2. The standard InChI is InChI=1S/C23H20O3.CH4/c1-26-23-16-19(3-2-17-6-12-21(24)13-7-17)5-11-20(23)10-4-18-8-14-22(25)15-9-18;/h2-16,24-25H,1H3;1H4/b3-2+,10-4+;. The van der Waals surface area contributed by atoms with Crippen molar-refractivity contribution in [3.05, 3.63) is 89.0 Å². The van der Waals surface area contributed by atoms with Crippen LogP contribution in [0, 0.1) is 0 Å². The van der Waals surface area contributed by atoms with Gasteiger partial charge in [0.05, 0.1) is 7.11 Å². The maximum Gasteiger partial charge on any atom is 0.126 e. The van der Waals surface area contributed by atoms with E-state index in [4.69, 9.17) is 4.74 Å². The molecule has 0 heterocycles. The topological polar surface area (TPSA) is 49.7 Å². The minimum atomic E-state index is 0. The molecule has 0 radical (unpaired) electrons. The van der Waals surface area contributed by atoms with Gasteiger partial charge in [-0.15, -0.1) is 0 Å². The molecule has 0 spiro atoms. The lowest BCUT2D eigenvalue weighted by atomic mass is 10.1. The fraction of sp³-hybridized carbons (Fsp3) is 0.0833. The average molecular weight is 360 g/mol. The lowest BCUT2D eigenvalue weighted by Gasteiger charge is -2.06. The highest BCUT2D eigenvalue weighted by atomic mass is 16.5. The average Bonchev–Trinajstić information content (AvgIpc) is 2.67. The zero-order valence-electron chi connectivity index (χ0n) is 14.5. The Morgan fingerprint density at radius 1 is 0.630 bits per heavy atom. The lowest BCUT2D eigenvalue weighted by Crippen LogP contribution is -1.87. The summed E-state index contributed by atoms with van der Waals surface area (Å²) in [5, 5.41) is 18.7. The first kappa shape index (κ1) is 19.9. The smallest absolute Gasteiger partial charge is 0.126 e. The van der Waals surface area contributed by atoms with Gasteiger partial charge in [0.25, 0.3) is 0 Å². The van der Waals surface area contributed by atoms with Crippen LogP contribution in [0.15, 0.2) is 66.7 Å². The Bertz CT molecular complexity index is 921. The monoisotopic (exact) mass is 360 g/mol. The molecule has 3 rings (SSSR count). The molecule has 0 atom stereocenters. The Hall–Kier alpha value is -3.46. The van der Waals surface area contributed by atoms with Crippen LogP contribution in [0.3, 0.4) is 0 Å². The Labute approximate surface area is 160 Å². The molecule has 0 fully saturated rings. The molecule has 0 amide bonds. The summed E-state index contributed by atoms with van der Waals surface area (Å²) >= 11 is 0. The van der Waals surface area contributed by atoms with E-state index < -0.39 is 0 Å². The van der Waals surface area contributed by atoms with E-state index in [2.05, 4.69) is 0 Å². The zero-order chi connectivity index (χ0) is 18.4. The van der Waals surface area contributed by atoms with E-state index in [1.807, 2.05) is 66.8 Å². The van der Waals surface area contributed by atoms with Crippen LogP contribution in [0.2, 0.25) is 0 Å². The van der Waals surface area contributed by atoms with Crippen molar-refractivity contribution in [3.63, 3.8) is 0 Å². The van der Waals surface area contributed by atoms with Crippen LogP contribution in [-0.2, 0) is 0 Å². The highest BCUT2D eigenvalue weighted by Crippen LogP contribution is 2.24. The van der Waals surface area contributed by atoms with Gasteiger partial charge in [-0.25, -0.2) is 0 Å². The van der Waals surface area contributed by atoms with E-state index in [1.165, 1.54) is 0 Å². The minimum Gasteiger partial charge on any atom is -0.508 e. The predicted molar refractivity (Wildman–Crippen MR) is 114 cm³/mol. The SMILES string of the molecule is C.COc1cc(/C=C/c2ccc(O)cc2)ccc1/C=C/c1ccc(O)cc1. The number of rotatable bonds is 5. The second-order valence-electron chi connectivity index (χ2n) is 5.85. The van der Waals surface area contributed by atoms with Gasteiger partial charge < -0.3 is 14.9 Å². The molecule has 3 heteroatoms. The van der Waals surface area contributed by atoms with Crippen molar-refractivity contribution >= 4 is 24.3 Å². The molecule has 0 aliphatic rings. The Kier molecular flexibility index (Phi) is 6.84. The molecule has 0 unspecified atom stereocenters. The van der Waals surface area contributed by atoms with Crippen LogP contribution in [0.5, 0.6) is 17.2 Å². The second kappa shape index (κ2) is 9.30. The first-order valence-corrected chi connectivity index (χ1v) is 8.26. The summed E-state index contributed by atoms with van der Waals surface area (Å²) in [4.78, 5) is 0. The highest BCUT2D eigenvalue weighted by Gasteiger charge is 2.01. The van der Waals surface area contributed by atoms with E-state index in [-0.39, 0.29) is 18.9 Å². The Balaban J connectivity index is 0.00000261. The van der Waals surface area contributed by atoms with Crippen molar-refractivity contribution in [2.75, 3.05) is 7.11 Å². The summed E-state index contributed by atoms with van der Waals surface area (Å²) in [5.41, 5.74) is 4.01. The summed E-state index contributed by atoms with van der Waals surface area (Å²) < 4.78 is 5.50. The number of methoxy groups -OCH3 is 1. The fourth-order valence-electron chi connectivity index (χ4n) is 2.52. The van der Waals surface area contributed by atoms with Crippen molar-refractivity contribution in [1.82, 2.24) is 0 Å². The maximum atomic E-state index is 9.34. The van der Waals surface area contributed by atoms with Gasteiger partial charge in [0, 0.05) is 5.56 Å². The van der Waals surface area contributed by atoms with Crippen LogP contribution in [0.1, 0.15) is 29.7 Å². The fourth-order valence-corrected chi connectivity index (χ4v) is 2.52. The van der Waals surface area contributed by atoms with E-state index in [9.17, 15) is 10.2 Å². The number of ether oxygens (including phenoxy) is 1. The summed E-state index contributed by atoms with van der Waals surface area (Å²) in [6, 6.07) is 20.1. The largest absolute Gasteiger partial charge is 0.508 e. The molecule has 138 valence electrons. The van der Waals surface area contributed by atoms with Gasteiger partial charge in [-0.3, -0.25) is 0 Å². The third-order valence-electron chi connectivity index (χ3n) is 3.97. The summed E-state index contributed by atoms with van der Waals surface area (Å²) in [6.07, 6.45) is 7.95. The molecule has 0 bridgehead atoms. The van der Waals surface area contributed by atoms with Gasteiger partial charge in [-0.1, -0.05) is 68.1 Å². The maximum absolute atomic E-state index is 9.34. The lowest BCUT2D eigenvalue weighted by molar-refractivity contribution is 0.414. The number of benzene rings is 3. The van der Waals surface area contributed by atoms with Crippen LogP contribution in [0.25, 0.3) is 24.3 Å². The number of aromatic hydroxyl groups is 2. The molecule has 27 heavy (non-hydrogen) atoms. The first-order valence-electron chi connectivity index (χ1n) is 8.26. The molecule has 0 saturated carbocycles. The summed E-state index contributed by atoms with van der Waals surface area (Å²) in [7, 11) is 1.65. The van der Waals surface area contributed by atoms with Gasteiger partial charge in [-0.2, -0.15) is 0 Å². The van der Waals surface area contributed by atoms with E-state index in [0.29, 0.717) is 0 Å². The molecule has 3 nitrogen and oxygen atoms in total. The van der Waals surface area contributed by atoms with Gasteiger partial charge in [0.15, 0.2) is 0 Å². The number of hydrogen-bond acceptors (Lipinski definition) is 3. The second-order valence-corrected chi connectivity index (χ2v) is 5.85. The van der Waals surface area contributed by atoms with E-state index in [0.717, 1.165) is 28.0 Å². The first-order chi connectivity index (χ1) is 12.6. The Morgan fingerprint density at radius 2 is 1.07 bits per heavy atom. The van der Waals surface area contributed by atoms with Crippen LogP contribution in [0.4, 0.5) is 0 Å². The molecular formula is C24H24O3. The molecule has 0 aliphatic heterocycles. The van der Waals surface area contributed by atoms with Crippen LogP contribution >= 0.6 is 0 Å². The van der Waals surface area contributed by atoms with E-state index in [1.54, 1.807) is 31.4 Å². The molecule has 0 saturated heterocycles. The predicted octanol–water partition coefficient (Wildman–Crippen LogP) is 6.08. The normalized spacial score (nSPS) is 10.9. The van der Waals surface area contributed by atoms with Gasteiger partial charge in [0.1, 0.15) is 17.2 Å². The minimum absolute atomic E-state index is 0. The van der Waals surface area contributed by atoms with E-state index >= 15 is 0 Å². The third-order valence-corrected chi connectivity index (χ3v) is 3.97. The number of phenolic OH excluding ortho intramolecular Hbond substituents is 2. The quantitative estimate of drug-likeness (QED) is 0.542. The molecule has 0 aliphatic carbocycles. The van der Waals surface area contributed by atoms with Gasteiger partial charge in [0.2, 0.25) is 0 Å². The van der Waals surface area contributed by atoms with Gasteiger partial charge in [-0.05, 0) is 47.0 Å². The Morgan fingerprint density at radius 3 is 1.59 bits per heavy atom. The van der Waals surface area contributed by atoms with Crippen molar-refractivity contribution in [3.8, 4) is 17.2 Å². The summed E-state index contributed by atoms with van der Waals surface area (Å²) in [5.74, 6) is 1.30. The van der Waals surface area contributed by atoms with Crippen molar-refractivity contribution < 1.29 is 14.9 Å². The van der Waals surface area contributed by atoms with Crippen LogP contribution < -0.4 is 4.74 Å². The third kappa shape index (κ3) is 5.51. The molecule has 3 aromatic carbocycles. The molecule has 2 N–H and O–H groups in total. The molecule has 0 aromatic heterocycles. The number of phenols is 2. The van der Waals surface area contributed by atoms with Crippen molar-refractivity contribution in [2.45, 2.75) is 7.43 Å². The van der Waals surface area contributed by atoms with Crippen LogP contribution in [-0.4, -0.2) is 17.3 Å². The van der Waals surface area contributed by atoms with Gasteiger partial charge >= 0.3 is 0 Å². The molecular weight excluding hydrogens is 336 g/mol. The summed E-state index contributed by atoms with van der Waals surface area (Å²) in [6.45, 7) is 0. The highest BCUT2D eigenvalue weighted by molar-refractivity contribution is 5.76. The zero-order valence-corrected chi connectivity index (χ0v) is 14.5. The van der Waals surface area contributed by atoms with Crippen molar-refractivity contribution in [1.29, 1.82) is 0 Å². The van der Waals surface area contributed by atoms with Crippen molar-refractivity contribution in [2.24, 2.45) is 0 Å². The molecule has 3 aromatic rings.